The third kappa shape index (κ3) is 2.93. The third-order valence-electron chi connectivity index (χ3n) is 2.40. The number of carbonyl (C=O) groups is 1. The van der Waals surface area contributed by atoms with Crippen LogP contribution in [-0.4, -0.2) is 25.3 Å². The Labute approximate surface area is 123 Å². The van der Waals surface area contributed by atoms with Gasteiger partial charge in [0, 0.05) is 10.0 Å². The minimum absolute atomic E-state index is 0.247. The Hall–Kier alpha value is -1.47. The van der Waals surface area contributed by atoms with Crippen molar-refractivity contribution in [1.82, 2.24) is 0 Å². The van der Waals surface area contributed by atoms with Crippen LogP contribution < -0.4 is 15.2 Å². The van der Waals surface area contributed by atoms with Crippen molar-refractivity contribution in [1.29, 1.82) is 0 Å². The molecule has 100 valence electrons. The fourth-order valence-electron chi connectivity index (χ4n) is 1.63. The highest BCUT2D eigenvalue weighted by atomic mass is 79.9. The van der Waals surface area contributed by atoms with Gasteiger partial charge in [0.05, 0.1) is 19.1 Å². The number of halogens is 1. The molecule has 19 heavy (non-hydrogen) atoms. The summed E-state index contributed by atoms with van der Waals surface area (Å²) in [5, 5.41) is 0.247. The molecule has 0 atom stereocenters. The Morgan fingerprint density at radius 3 is 2.63 bits per heavy atom. The van der Waals surface area contributed by atoms with Crippen LogP contribution >= 0.6 is 27.7 Å². The molecule has 0 spiro atoms. The van der Waals surface area contributed by atoms with E-state index in [1.807, 2.05) is 6.07 Å². The lowest BCUT2D eigenvalue weighted by Gasteiger charge is -2.11. The van der Waals surface area contributed by atoms with Crippen molar-refractivity contribution < 1.29 is 14.3 Å². The summed E-state index contributed by atoms with van der Waals surface area (Å²) in [4.78, 5) is 15.7. The smallest absolute Gasteiger partial charge is 0.286 e. The maximum absolute atomic E-state index is 11.6. The second kappa shape index (κ2) is 5.66. The average Bonchev–Trinajstić information content (AvgIpc) is 2.67. The maximum atomic E-state index is 11.6. The molecule has 7 heteroatoms. The van der Waals surface area contributed by atoms with Crippen LogP contribution in [0.3, 0.4) is 0 Å². The Balaban J connectivity index is 2.48. The van der Waals surface area contributed by atoms with E-state index < -0.39 is 0 Å². The van der Waals surface area contributed by atoms with E-state index in [2.05, 4.69) is 20.9 Å². The molecule has 1 aromatic carbocycles. The molecule has 1 amide bonds. The number of amidine groups is 1. The van der Waals surface area contributed by atoms with Crippen molar-refractivity contribution in [2.24, 2.45) is 10.7 Å². The van der Waals surface area contributed by atoms with Gasteiger partial charge in [-0.2, -0.15) is 4.99 Å². The Morgan fingerprint density at radius 2 is 2.11 bits per heavy atom. The highest BCUT2D eigenvalue weighted by Gasteiger charge is 2.21. The molecule has 1 aromatic rings. The van der Waals surface area contributed by atoms with Gasteiger partial charge in [-0.3, -0.25) is 4.79 Å². The molecular formula is C12H11BrN2O3S. The van der Waals surface area contributed by atoms with E-state index >= 15 is 0 Å². The zero-order valence-electron chi connectivity index (χ0n) is 10.3. The van der Waals surface area contributed by atoms with Gasteiger partial charge >= 0.3 is 0 Å². The van der Waals surface area contributed by atoms with Crippen LogP contribution in [0.25, 0.3) is 6.08 Å². The van der Waals surface area contributed by atoms with E-state index in [1.54, 1.807) is 26.4 Å². The summed E-state index contributed by atoms with van der Waals surface area (Å²) < 4.78 is 11.4. The van der Waals surface area contributed by atoms with Gasteiger partial charge < -0.3 is 15.2 Å². The van der Waals surface area contributed by atoms with E-state index in [1.165, 1.54) is 0 Å². The number of ether oxygens (including phenoxy) is 2. The van der Waals surface area contributed by atoms with Gasteiger partial charge in [-0.15, -0.1) is 0 Å². The van der Waals surface area contributed by atoms with Gasteiger partial charge in [-0.05, 0) is 30.0 Å². The Morgan fingerprint density at radius 1 is 1.37 bits per heavy atom. The van der Waals surface area contributed by atoms with Crippen LogP contribution in [0.4, 0.5) is 0 Å². The summed E-state index contributed by atoms with van der Waals surface area (Å²) in [6, 6.07) is 3.62. The minimum atomic E-state index is -0.344. The number of rotatable bonds is 3. The van der Waals surface area contributed by atoms with Gasteiger partial charge in [0.15, 0.2) is 16.7 Å². The molecule has 1 heterocycles. The largest absolute Gasteiger partial charge is 0.493 e. The second-order valence-electron chi connectivity index (χ2n) is 3.60. The average molecular weight is 343 g/mol. The van der Waals surface area contributed by atoms with Crippen molar-refractivity contribution in [2.75, 3.05) is 14.2 Å². The van der Waals surface area contributed by atoms with Crippen LogP contribution in [0, 0.1) is 0 Å². The summed E-state index contributed by atoms with van der Waals surface area (Å²) in [6.07, 6.45) is 1.68. The molecule has 0 aliphatic carbocycles. The quantitative estimate of drug-likeness (QED) is 0.853. The van der Waals surface area contributed by atoms with Crippen molar-refractivity contribution in [2.45, 2.75) is 0 Å². The predicted octanol–water partition coefficient (Wildman–Crippen LogP) is 2.40. The predicted molar refractivity (Wildman–Crippen MR) is 79.4 cm³/mol. The number of thioether (sulfide) groups is 1. The first-order valence-corrected chi connectivity index (χ1v) is 6.85. The van der Waals surface area contributed by atoms with Crippen LogP contribution in [-0.2, 0) is 4.79 Å². The van der Waals surface area contributed by atoms with Crippen molar-refractivity contribution in [3.63, 3.8) is 0 Å². The number of benzene rings is 1. The Kier molecular flexibility index (Phi) is 4.16. The number of methoxy groups -OCH3 is 2. The topological polar surface area (TPSA) is 73.9 Å². The molecule has 2 rings (SSSR count). The number of hydrogen-bond donors (Lipinski definition) is 1. The van der Waals surface area contributed by atoms with E-state index in [4.69, 9.17) is 15.2 Å². The van der Waals surface area contributed by atoms with Crippen molar-refractivity contribution >= 4 is 44.8 Å². The lowest BCUT2D eigenvalue weighted by Crippen LogP contribution is -2.01. The monoisotopic (exact) mass is 342 g/mol. The fourth-order valence-corrected chi connectivity index (χ4v) is 2.76. The first kappa shape index (κ1) is 14.0. The second-order valence-corrected chi connectivity index (χ2v) is 5.57. The molecule has 0 aromatic heterocycles. The zero-order valence-corrected chi connectivity index (χ0v) is 12.7. The minimum Gasteiger partial charge on any atom is -0.493 e. The first-order valence-electron chi connectivity index (χ1n) is 5.24. The van der Waals surface area contributed by atoms with E-state index in [0.717, 1.165) is 21.8 Å². The van der Waals surface area contributed by atoms with E-state index in [9.17, 15) is 4.79 Å². The number of amides is 1. The van der Waals surface area contributed by atoms with E-state index in [0.29, 0.717) is 16.4 Å². The first-order chi connectivity index (χ1) is 9.05. The molecule has 2 N–H and O–H groups in total. The van der Waals surface area contributed by atoms with Crippen LogP contribution in [0.2, 0.25) is 0 Å². The van der Waals surface area contributed by atoms with Gasteiger partial charge in [0.25, 0.3) is 5.91 Å². The molecule has 0 saturated heterocycles. The molecule has 0 unspecified atom stereocenters. The lowest BCUT2D eigenvalue weighted by molar-refractivity contribution is -0.113. The number of aliphatic imine (C=N–C) groups is 1. The summed E-state index contributed by atoms with van der Waals surface area (Å²) in [5.41, 5.74) is 6.23. The number of hydrogen-bond acceptors (Lipinski definition) is 5. The SMILES string of the molecule is COc1cc(Br)cc(/C=C2\SC(N)=NC2=O)c1OC. The van der Waals surface area contributed by atoms with Gasteiger partial charge in [0.1, 0.15) is 0 Å². The Bertz CT molecular complexity index is 599. The summed E-state index contributed by atoms with van der Waals surface area (Å²) in [6.45, 7) is 0. The molecule has 0 saturated carbocycles. The highest BCUT2D eigenvalue weighted by Crippen LogP contribution is 2.37. The van der Waals surface area contributed by atoms with Crippen molar-refractivity contribution in [3.05, 3.63) is 27.1 Å². The fraction of sp³-hybridized carbons (Fsp3) is 0.167. The number of nitrogens with zero attached hydrogens (tertiary/aromatic N) is 1. The number of nitrogens with two attached hydrogens (primary N) is 1. The highest BCUT2D eigenvalue weighted by molar-refractivity contribution is 9.10. The molecule has 0 bridgehead atoms. The molecular weight excluding hydrogens is 332 g/mol. The van der Waals surface area contributed by atoms with Gasteiger partial charge in [-0.25, -0.2) is 0 Å². The molecule has 5 nitrogen and oxygen atoms in total. The molecule has 1 aliphatic heterocycles. The van der Waals surface area contributed by atoms with Crippen LogP contribution in [0.1, 0.15) is 5.56 Å². The molecule has 0 radical (unpaired) electrons. The van der Waals surface area contributed by atoms with Crippen molar-refractivity contribution in [3.8, 4) is 11.5 Å². The van der Waals surface area contributed by atoms with Crippen LogP contribution in [0.15, 0.2) is 26.5 Å². The maximum Gasteiger partial charge on any atom is 0.286 e. The zero-order chi connectivity index (χ0) is 14.0. The normalized spacial score (nSPS) is 16.7. The van der Waals surface area contributed by atoms with E-state index in [-0.39, 0.29) is 11.1 Å². The van der Waals surface area contributed by atoms with Gasteiger partial charge in [0.2, 0.25) is 0 Å². The summed E-state index contributed by atoms with van der Waals surface area (Å²) in [7, 11) is 3.10. The number of carbonyl (C=O) groups excluding carboxylic acids is 1. The molecule has 0 fully saturated rings. The standard InChI is InChI=1S/C12H11BrN2O3S/c1-17-8-5-7(13)3-6(10(8)18-2)4-9-11(16)15-12(14)19-9/h3-5H,1-2H3,(H2,14,15,16)/b9-4-. The molecule has 1 aliphatic rings. The van der Waals surface area contributed by atoms with Gasteiger partial charge in [-0.1, -0.05) is 15.9 Å². The summed E-state index contributed by atoms with van der Waals surface area (Å²) in [5.74, 6) is 0.786. The lowest BCUT2D eigenvalue weighted by atomic mass is 10.1. The third-order valence-corrected chi connectivity index (χ3v) is 3.67. The van der Waals surface area contributed by atoms with Crippen LogP contribution in [0.5, 0.6) is 11.5 Å². The summed E-state index contributed by atoms with van der Waals surface area (Å²) >= 11 is 4.52.